The number of aliphatic carboxylic acids is 1. The number of amides is 1. The number of nitrogens with zero attached hydrogens (tertiary/aromatic N) is 1. The SMILES string of the molecule is CCOC(=O)/C=C1\C[C@@H]2[C@@H]([C@@H](C)O)C(=O)N2[C@H]1C(=O)[O-].[K+]. The van der Waals surface area contributed by atoms with E-state index < -0.39 is 42.0 Å². The van der Waals surface area contributed by atoms with Crippen molar-refractivity contribution in [3.8, 4) is 0 Å². The molecule has 0 radical (unpaired) electrons. The summed E-state index contributed by atoms with van der Waals surface area (Å²) in [6.45, 7) is 3.31. The van der Waals surface area contributed by atoms with Gasteiger partial charge in [0, 0.05) is 6.08 Å². The molecule has 8 heteroatoms. The van der Waals surface area contributed by atoms with E-state index in [0.29, 0.717) is 0 Å². The Morgan fingerprint density at radius 2 is 2.19 bits per heavy atom. The molecule has 0 saturated carbocycles. The van der Waals surface area contributed by atoms with Crippen LogP contribution in [-0.4, -0.2) is 52.6 Å². The normalized spacial score (nSPS) is 30.2. The molecule has 2 heterocycles. The van der Waals surface area contributed by atoms with Gasteiger partial charge in [-0.05, 0) is 25.8 Å². The molecule has 1 N–H and O–H groups in total. The molecule has 110 valence electrons. The number of carbonyl (C=O) groups is 3. The first kappa shape index (κ1) is 18.8. The van der Waals surface area contributed by atoms with Gasteiger partial charge in [0.05, 0.1) is 36.7 Å². The van der Waals surface area contributed by atoms with Crippen LogP contribution in [-0.2, 0) is 19.1 Å². The molecule has 1 amide bonds. The maximum absolute atomic E-state index is 11.9. The first-order valence-electron chi connectivity index (χ1n) is 6.46. The molecule has 2 rings (SSSR count). The number of fused-ring (bicyclic) bond motifs is 1. The zero-order valence-electron chi connectivity index (χ0n) is 12.2. The first-order chi connectivity index (χ1) is 9.38. The van der Waals surface area contributed by atoms with Gasteiger partial charge in [-0.25, -0.2) is 4.79 Å². The van der Waals surface area contributed by atoms with Gasteiger partial charge in [-0.1, -0.05) is 0 Å². The minimum atomic E-state index is -1.43. The van der Waals surface area contributed by atoms with Crippen LogP contribution in [0.2, 0.25) is 0 Å². The fraction of sp³-hybridized carbons (Fsp3) is 0.615. The number of esters is 1. The Kier molecular flexibility index (Phi) is 6.57. The van der Waals surface area contributed by atoms with Crippen molar-refractivity contribution < 1.29 is 80.7 Å². The van der Waals surface area contributed by atoms with Crippen LogP contribution in [0.5, 0.6) is 0 Å². The van der Waals surface area contributed by atoms with Crippen molar-refractivity contribution in [1.82, 2.24) is 4.90 Å². The number of hydrogen-bond donors (Lipinski definition) is 1. The predicted molar refractivity (Wildman–Crippen MR) is 63.9 cm³/mol. The smallest absolute Gasteiger partial charge is 0.548 e. The Bertz CT molecular complexity index is 489. The molecule has 0 aromatic heterocycles. The molecule has 2 saturated heterocycles. The summed E-state index contributed by atoms with van der Waals surface area (Å²) < 4.78 is 4.74. The van der Waals surface area contributed by atoms with E-state index in [-0.39, 0.29) is 70.0 Å². The zero-order chi connectivity index (χ0) is 15.0. The van der Waals surface area contributed by atoms with Gasteiger partial charge in [-0.15, -0.1) is 0 Å². The summed E-state index contributed by atoms with van der Waals surface area (Å²) in [6, 6.07) is -1.64. The minimum absolute atomic E-state index is 0. The van der Waals surface area contributed by atoms with Crippen LogP contribution >= 0.6 is 0 Å². The van der Waals surface area contributed by atoms with Crippen LogP contribution in [0.3, 0.4) is 0 Å². The maximum atomic E-state index is 11.9. The van der Waals surface area contributed by atoms with Gasteiger partial charge < -0.3 is 24.6 Å². The van der Waals surface area contributed by atoms with Crippen LogP contribution in [0.25, 0.3) is 0 Å². The van der Waals surface area contributed by atoms with E-state index in [2.05, 4.69) is 0 Å². The molecule has 0 unspecified atom stereocenters. The molecule has 0 aliphatic carbocycles. The van der Waals surface area contributed by atoms with Gasteiger partial charge in [0.2, 0.25) is 5.91 Å². The third-order valence-electron chi connectivity index (χ3n) is 3.72. The van der Waals surface area contributed by atoms with Crippen LogP contribution in [0.1, 0.15) is 20.3 Å². The van der Waals surface area contributed by atoms with Crippen molar-refractivity contribution in [3.05, 3.63) is 11.6 Å². The number of β-lactam (4-membered cyclic amide) rings is 1. The Balaban J connectivity index is 0.00000220. The molecule has 0 aromatic carbocycles. The summed E-state index contributed by atoms with van der Waals surface area (Å²) in [5.74, 6) is -3.12. The van der Waals surface area contributed by atoms with E-state index in [1.165, 1.54) is 6.92 Å². The molecule has 2 aliphatic heterocycles. The van der Waals surface area contributed by atoms with Crippen molar-refractivity contribution >= 4 is 17.8 Å². The Morgan fingerprint density at radius 3 is 2.67 bits per heavy atom. The Morgan fingerprint density at radius 1 is 1.57 bits per heavy atom. The molecule has 2 fully saturated rings. The average molecular weight is 321 g/mol. The van der Waals surface area contributed by atoms with Crippen molar-refractivity contribution in [2.75, 3.05) is 6.61 Å². The summed E-state index contributed by atoms with van der Waals surface area (Å²) in [6.07, 6.45) is 0.487. The van der Waals surface area contributed by atoms with E-state index in [9.17, 15) is 24.6 Å². The largest absolute Gasteiger partial charge is 1.00 e. The molecule has 2 aliphatic rings. The standard InChI is InChI=1S/C13H17NO6.K/c1-3-20-9(16)5-7-4-8-10(6(2)15)12(17)14(8)11(7)13(18)19;/h5-6,8,10-11,15H,3-4H2,1-2H3,(H,18,19);/q;+1/p-1/b7-5+;/t6-,8-,10-,11-;/m1./s1. The van der Waals surface area contributed by atoms with Gasteiger partial charge in [-0.2, -0.15) is 0 Å². The summed E-state index contributed by atoms with van der Waals surface area (Å²) in [7, 11) is 0. The van der Waals surface area contributed by atoms with Crippen LogP contribution < -0.4 is 56.5 Å². The van der Waals surface area contributed by atoms with Gasteiger partial charge in [0.25, 0.3) is 0 Å². The second kappa shape index (κ2) is 7.34. The van der Waals surface area contributed by atoms with Crippen LogP contribution in [0.4, 0.5) is 0 Å². The molecule has 0 aromatic rings. The van der Waals surface area contributed by atoms with E-state index in [4.69, 9.17) is 4.74 Å². The molecule has 21 heavy (non-hydrogen) atoms. The number of aliphatic hydroxyl groups is 1. The number of rotatable bonds is 4. The monoisotopic (exact) mass is 321 g/mol. The fourth-order valence-electron chi connectivity index (χ4n) is 2.93. The summed E-state index contributed by atoms with van der Waals surface area (Å²) >= 11 is 0. The van der Waals surface area contributed by atoms with Gasteiger partial charge in [0.1, 0.15) is 0 Å². The number of ether oxygens (including phenoxy) is 1. The third-order valence-corrected chi connectivity index (χ3v) is 3.72. The molecular formula is C13H16KNO6. The number of hydrogen-bond acceptors (Lipinski definition) is 6. The van der Waals surface area contributed by atoms with Crippen LogP contribution in [0.15, 0.2) is 11.6 Å². The Hall–Kier alpha value is -0.254. The number of carboxylic acids is 1. The van der Waals surface area contributed by atoms with E-state index in [1.807, 2.05) is 0 Å². The number of aliphatic hydroxyl groups excluding tert-OH is 1. The summed E-state index contributed by atoms with van der Waals surface area (Å²) in [5, 5.41) is 20.7. The minimum Gasteiger partial charge on any atom is -0.548 e. The second-order valence-electron chi connectivity index (χ2n) is 4.98. The van der Waals surface area contributed by atoms with Gasteiger partial charge in [-0.3, -0.25) is 4.79 Å². The maximum Gasteiger partial charge on any atom is 1.00 e. The van der Waals surface area contributed by atoms with Crippen LogP contribution in [0, 0.1) is 5.92 Å². The molecule has 7 nitrogen and oxygen atoms in total. The van der Waals surface area contributed by atoms with Gasteiger partial charge in [0.15, 0.2) is 0 Å². The summed E-state index contributed by atoms with van der Waals surface area (Å²) in [4.78, 5) is 35.7. The zero-order valence-corrected chi connectivity index (χ0v) is 15.4. The van der Waals surface area contributed by atoms with Gasteiger partial charge >= 0.3 is 57.4 Å². The quantitative estimate of drug-likeness (QED) is 0.241. The molecule has 0 bridgehead atoms. The molecular weight excluding hydrogens is 305 g/mol. The predicted octanol–water partition coefficient (Wildman–Crippen LogP) is -4.79. The first-order valence-corrected chi connectivity index (χ1v) is 6.46. The average Bonchev–Trinajstić information content (AvgIpc) is 2.63. The van der Waals surface area contributed by atoms with Crippen molar-refractivity contribution in [2.45, 2.75) is 38.5 Å². The second-order valence-corrected chi connectivity index (χ2v) is 4.98. The number of carboxylic acid groups (broad SMARTS) is 1. The van der Waals surface area contributed by atoms with E-state index >= 15 is 0 Å². The topological polar surface area (TPSA) is 107 Å². The van der Waals surface area contributed by atoms with E-state index in [0.717, 1.165) is 11.0 Å². The third kappa shape index (κ3) is 3.40. The number of carbonyl (C=O) groups excluding carboxylic acids is 3. The summed E-state index contributed by atoms with van der Waals surface area (Å²) in [5.41, 5.74) is 0.282. The Labute approximate surface area is 164 Å². The van der Waals surface area contributed by atoms with Crippen molar-refractivity contribution in [2.24, 2.45) is 5.92 Å². The van der Waals surface area contributed by atoms with E-state index in [1.54, 1.807) is 6.92 Å². The molecule has 4 atom stereocenters. The van der Waals surface area contributed by atoms with Crippen molar-refractivity contribution in [1.29, 1.82) is 0 Å². The molecule has 0 spiro atoms. The van der Waals surface area contributed by atoms with Crippen molar-refractivity contribution in [3.63, 3.8) is 0 Å². The fourth-order valence-corrected chi connectivity index (χ4v) is 2.93.